The standard InChI is InChI=1S/C64H36N6OS/c65-37-42-34-55(60-46-24-11-14-26-56(46)71-61(60)59(42)64-67-62(38-16-4-1-5-17-38)66-63(68-64)39-18-6-2-7-19-39)70-52-30-28-40(41-29-31-58-50(33-41)45-23-12-15-27-57(45)72-58)32-47(52)49-35-48-44-22-10-13-25-51(44)69(53(48)36-54(49)70)43-20-8-3-9-21-43/h1-36H. The van der Waals surface area contributed by atoms with E-state index in [0.717, 1.165) is 82.6 Å². The molecule has 15 rings (SSSR count). The first-order valence-corrected chi connectivity index (χ1v) is 24.7. The Morgan fingerprint density at radius 3 is 1.71 bits per heavy atom. The molecule has 0 radical (unpaired) electrons. The van der Waals surface area contributed by atoms with Crippen LogP contribution in [0.4, 0.5) is 0 Å². The zero-order valence-corrected chi connectivity index (χ0v) is 39.1. The van der Waals surface area contributed by atoms with Crippen molar-refractivity contribution in [3.8, 4) is 62.7 Å². The number of thiophene rings is 1. The fourth-order valence-corrected chi connectivity index (χ4v) is 12.1. The summed E-state index contributed by atoms with van der Waals surface area (Å²) in [6, 6.07) is 78.8. The van der Waals surface area contributed by atoms with Gasteiger partial charge in [0, 0.05) is 63.9 Å². The molecule has 5 aromatic heterocycles. The van der Waals surface area contributed by atoms with Gasteiger partial charge in [-0.3, -0.25) is 0 Å². The molecule has 72 heavy (non-hydrogen) atoms. The Hall–Kier alpha value is -9.68. The van der Waals surface area contributed by atoms with Gasteiger partial charge in [0.25, 0.3) is 0 Å². The monoisotopic (exact) mass is 936 g/mol. The molecule has 334 valence electrons. The van der Waals surface area contributed by atoms with E-state index in [0.29, 0.717) is 39.8 Å². The van der Waals surface area contributed by atoms with Crippen molar-refractivity contribution in [2.24, 2.45) is 0 Å². The van der Waals surface area contributed by atoms with E-state index in [1.807, 2.05) is 96.3 Å². The summed E-state index contributed by atoms with van der Waals surface area (Å²) in [6.07, 6.45) is 0. The van der Waals surface area contributed by atoms with E-state index in [1.54, 1.807) is 0 Å². The maximum atomic E-state index is 11.4. The van der Waals surface area contributed by atoms with Crippen LogP contribution in [0.25, 0.3) is 142 Å². The number of hydrogen-bond acceptors (Lipinski definition) is 6. The molecule has 0 aliphatic heterocycles. The van der Waals surface area contributed by atoms with Crippen LogP contribution in [0.2, 0.25) is 0 Å². The van der Waals surface area contributed by atoms with E-state index < -0.39 is 0 Å². The largest absolute Gasteiger partial charge is 0.455 e. The third kappa shape index (κ3) is 6.05. The van der Waals surface area contributed by atoms with Crippen LogP contribution >= 0.6 is 11.3 Å². The number of furan rings is 1. The smallest absolute Gasteiger partial charge is 0.169 e. The third-order valence-corrected chi connectivity index (χ3v) is 15.3. The van der Waals surface area contributed by atoms with Crippen molar-refractivity contribution in [1.29, 1.82) is 5.26 Å². The van der Waals surface area contributed by atoms with Crippen LogP contribution in [-0.2, 0) is 0 Å². The third-order valence-electron chi connectivity index (χ3n) is 14.2. The molecule has 0 unspecified atom stereocenters. The molecule has 5 heterocycles. The summed E-state index contributed by atoms with van der Waals surface area (Å²) in [7, 11) is 0. The summed E-state index contributed by atoms with van der Waals surface area (Å²) < 4.78 is 14.2. The minimum atomic E-state index is 0.353. The first-order chi connectivity index (χ1) is 35.6. The highest BCUT2D eigenvalue weighted by molar-refractivity contribution is 7.25. The number of hydrogen-bond donors (Lipinski definition) is 0. The molecule has 8 heteroatoms. The van der Waals surface area contributed by atoms with Gasteiger partial charge in [0.15, 0.2) is 17.5 Å². The maximum Gasteiger partial charge on any atom is 0.169 e. The van der Waals surface area contributed by atoms with Crippen LogP contribution in [0, 0.1) is 11.3 Å². The van der Waals surface area contributed by atoms with E-state index in [1.165, 1.54) is 25.6 Å². The highest BCUT2D eigenvalue weighted by atomic mass is 32.1. The molecule has 0 atom stereocenters. The summed E-state index contributed by atoms with van der Waals surface area (Å²) in [6.45, 7) is 0. The minimum absolute atomic E-state index is 0.353. The second-order valence-electron chi connectivity index (χ2n) is 18.2. The van der Waals surface area contributed by atoms with Gasteiger partial charge in [-0.25, -0.2) is 15.0 Å². The Morgan fingerprint density at radius 2 is 0.958 bits per heavy atom. The lowest BCUT2D eigenvalue weighted by molar-refractivity contribution is 0.669. The van der Waals surface area contributed by atoms with Crippen molar-refractivity contribution in [2.45, 2.75) is 0 Å². The number of nitriles is 1. The minimum Gasteiger partial charge on any atom is -0.455 e. The van der Waals surface area contributed by atoms with Crippen LogP contribution in [0.15, 0.2) is 223 Å². The molecular formula is C64H36N6OS. The zero-order valence-electron chi connectivity index (χ0n) is 38.3. The molecule has 0 amide bonds. The Bertz CT molecular complexity index is 4690. The first kappa shape index (κ1) is 40.2. The number of rotatable bonds is 6. The van der Waals surface area contributed by atoms with E-state index in [4.69, 9.17) is 19.4 Å². The van der Waals surface area contributed by atoms with Crippen LogP contribution < -0.4 is 0 Å². The van der Waals surface area contributed by atoms with Crippen LogP contribution in [0.5, 0.6) is 0 Å². The van der Waals surface area contributed by atoms with Crippen molar-refractivity contribution in [2.75, 3.05) is 0 Å². The normalized spacial score (nSPS) is 11.9. The van der Waals surface area contributed by atoms with Gasteiger partial charge in [-0.15, -0.1) is 11.3 Å². The van der Waals surface area contributed by atoms with Crippen molar-refractivity contribution in [3.63, 3.8) is 0 Å². The second-order valence-corrected chi connectivity index (χ2v) is 19.3. The zero-order chi connectivity index (χ0) is 47.4. The molecule has 0 saturated carbocycles. The fourth-order valence-electron chi connectivity index (χ4n) is 11.0. The lowest BCUT2D eigenvalue weighted by Gasteiger charge is -2.15. The Balaban J connectivity index is 1.06. The van der Waals surface area contributed by atoms with Gasteiger partial charge in [-0.05, 0) is 83.9 Å². The first-order valence-electron chi connectivity index (χ1n) is 23.9. The van der Waals surface area contributed by atoms with E-state index in [9.17, 15) is 5.26 Å². The SMILES string of the molecule is N#Cc1cc(-n2c3ccc(-c4ccc5sc6ccccc6c5c4)cc3c3cc4c5ccccc5n(-c5ccccc5)c4cc32)c2c(oc3ccccc32)c1-c1nc(-c2ccccc2)nc(-c2ccccc2)n1. The number of benzene rings is 10. The molecule has 0 N–H and O–H groups in total. The van der Waals surface area contributed by atoms with Gasteiger partial charge in [0.2, 0.25) is 0 Å². The average molecular weight is 937 g/mol. The van der Waals surface area contributed by atoms with E-state index in [-0.39, 0.29) is 0 Å². The molecule has 0 aliphatic carbocycles. The molecule has 15 aromatic rings. The summed E-state index contributed by atoms with van der Waals surface area (Å²) in [5.74, 6) is 1.35. The number of nitrogens with zero attached hydrogens (tertiary/aromatic N) is 6. The molecule has 7 nitrogen and oxygen atoms in total. The van der Waals surface area contributed by atoms with Gasteiger partial charge in [0.1, 0.15) is 17.2 Å². The Labute approximate surface area is 415 Å². The van der Waals surface area contributed by atoms with Crippen LogP contribution in [0.1, 0.15) is 5.56 Å². The van der Waals surface area contributed by atoms with Gasteiger partial charge in [0.05, 0.1) is 44.3 Å². The summed E-state index contributed by atoms with van der Waals surface area (Å²) in [5.41, 5.74) is 12.1. The van der Waals surface area contributed by atoms with Crippen molar-refractivity contribution >= 4 is 97.1 Å². The van der Waals surface area contributed by atoms with Gasteiger partial charge >= 0.3 is 0 Å². The second kappa shape index (κ2) is 15.7. The maximum absolute atomic E-state index is 11.4. The Kier molecular flexibility index (Phi) is 8.76. The number of fused-ring (bicyclic) bond motifs is 12. The highest BCUT2D eigenvalue weighted by Crippen LogP contribution is 2.47. The van der Waals surface area contributed by atoms with Crippen molar-refractivity contribution in [3.05, 3.63) is 224 Å². The predicted octanol–water partition coefficient (Wildman–Crippen LogP) is 16.9. The van der Waals surface area contributed by atoms with Crippen molar-refractivity contribution in [1.82, 2.24) is 24.1 Å². The highest BCUT2D eigenvalue weighted by Gasteiger charge is 2.27. The molecule has 10 aromatic carbocycles. The summed E-state index contributed by atoms with van der Waals surface area (Å²) in [5, 5.41) is 20.2. The summed E-state index contributed by atoms with van der Waals surface area (Å²) >= 11 is 1.83. The molecular weight excluding hydrogens is 901 g/mol. The van der Waals surface area contributed by atoms with E-state index in [2.05, 4.69) is 149 Å². The molecule has 0 bridgehead atoms. The molecule has 0 saturated heterocycles. The van der Waals surface area contributed by atoms with E-state index >= 15 is 0 Å². The van der Waals surface area contributed by atoms with Crippen LogP contribution in [0.3, 0.4) is 0 Å². The lowest BCUT2D eigenvalue weighted by Crippen LogP contribution is -2.03. The fraction of sp³-hybridized carbons (Fsp3) is 0. The van der Waals surface area contributed by atoms with Gasteiger partial charge in [-0.1, -0.05) is 146 Å². The number of aromatic nitrogens is 5. The Morgan fingerprint density at radius 1 is 0.403 bits per heavy atom. The van der Waals surface area contributed by atoms with Gasteiger partial charge in [-0.2, -0.15) is 5.26 Å². The average Bonchev–Trinajstić information content (AvgIpc) is 4.20. The van der Waals surface area contributed by atoms with Crippen molar-refractivity contribution < 1.29 is 4.42 Å². The number of para-hydroxylation sites is 3. The molecule has 0 aliphatic rings. The van der Waals surface area contributed by atoms with Gasteiger partial charge < -0.3 is 13.6 Å². The van der Waals surface area contributed by atoms with Crippen LogP contribution in [-0.4, -0.2) is 24.1 Å². The predicted molar refractivity (Wildman–Crippen MR) is 295 cm³/mol. The summed E-state index contributed by atoms with van der Waals surface area (Å²) in [4.78, 5) is 15.3. The molecule has 0 spiro atoms. The quantitative estimate of drug-likeness (QED) is 0.166. The topological polar surface area (TPSA) is 85.5 Å². The lowest BCUT2D eigenvalue weighted by atomic mass is 10.00. The molecule has 0 fully saturated rings.